The van der Waals surface area contributed by atoms with Gasteiger partial charge in [-0.3, -0.25) is 0 Å². The lowest BCUT2D eigenvalue weighted by molar-refractivity contribution is 1.18. The molecule has 0 bridgehead atoms. The van der Waals surface area contributed by atoms with Crippen LogP contribution in [0.1, 0.15) is 0 Å². The molecule has 13 aromatic carbocycles. The summed E-state index contributed by atoms with van der Waals surface area (Å²) in [5, 5.41) is 5.03. The smallest absolute Gasteiger partial charge is 0.0541 e. The summed E-state index contributed by atoms with van der Waals surface area (Å²) in [6.07, 6.45) is 0. The Morgan fingerprint density at radius 1 is 0.205 bits per heavy atom. The van der Waals surface area contributed by atoms with Gasteiger partial charge < -0.3 is 9.47 Å². The molecule has 0 aliphatic carbocycles. The van der Waals surface area contributed by atoms with Crippen molar-refractivity contribution in [1.82, 2.24) is 4.57 Å². The van der Waals surface area contributed by atoms with Crippen molar-refractivity contribution >= 4 is 49.6 Å². The van der Waals surface area contributed by atoms with Crippen LogP contribution in [0.5, 0.6) is 0 Å². The summed E-state index contributed by atoms with van der Waals surface area (Å²) in [7, 11) is 0. The lowest BCUT2D eigenvalue weighted by Gasteiger charge is -2.26. The minimum Gasteiger partial charge on any atom is -0.311 e. The van der Waals surface area contributed by atoms with Gasteiger partial charge >= 0.3 is 0 Å². The summed E-state index contributed by atoms with van der Waals surface area (Å²) in [5.41, 5.74) is 23.5. The molecule has 0 N–H and O–H groups in total. The quantitative estimate of drug-likeness (QED) is 0.125. The van der Waals surface area contributed by atoms with E-state index in [2.05, 4.69) is 325 Å². The molecule has 2 nitrogen and oxygen atoms in total. The average molecular weight is 993 g/mol. The summed E-state index contributed by atoms with van der Waals surface area (Å²) < 4.78 is 2.39. The fourth-order valence-electron chi connectivity index (χ4n) is 11.7. The number of anilines is 3. The van der Waals surface area contributed by atoms with Gasteiger partial charge in [0.2, 0.25) is 0 Å². The fourth-order valence-corrected chi connectivity index (χ4v) is 11.7. The third kappa shape index (κ3) is 8.52. The molecule has 78 heavy (non-hydrogen) atoms. The number of benzene rings is 13. The Labute approximate surface area is 455 Å². The molecule has 1 heterocycles. The van der Waals surface area contributed by atoms with Gasteiger partial charge in [-0.25, -0.2) is 0 Å². The maximum absolute atomic E-state index is 2.39. The molecule has 0 saturated carbocycles. The lowest BCUT2D eigenvalue weighted by atomic mass is 9.87. The van der Waals surface area contributed by atoms with Gasteiger partial charge in [0.25, 0.3) is 0 Å². The Morgan fingerprint density at radius 2 is 0.538 bits per heavy atom. The summed E-state index contributed by atoms with van der Waals surface area (Å²) >= 11 is 0. The summed E-state index contributed by atoms with van der Waals surface area (Å²) in [6, 6.07) is 115. The number of aromatic nitrogens is 1. The molecular formula is C76H52N2. The second-order valence-electron chi connectivity index (χ2n) is 20.0. The zero-order chi connectivity index (χ0) is 51.8. The second kappa shape index (κ2) is 20.1. The van der Waals surface area contributed by atoms with Gasteiger partial charge in [-0.15, -0.1) is 0 Å². The van der Waals surface area contributed by atoms with Crippen LogP contribution >= 0.6 is 0 Å². The van der Waals surface area contributed by atoms with Crippen molar-refractivity contribution in [1.29, 1.82) is 0 Å². The molecule has 0 amide bonds. The van der Waals surface area contributed by atoms with E-state index in [4.69, 9.17) is 0 Å². The van der Waals surface area contributed by atoms with Gasteiger partial charge in [0, 0.05) is 33.5 Å². The van der Waals surface area contributed by atoms with Crippen molar-refractivity contribution in [2.24, 2.45) is 0 Å². The first-order chi connectivity index (χ1) is 38.7. The van der Waals surface area contributed by atoms with Crippen LogP contribution in [0.25, 0.3) is 116 Å². The second-order valence-corrected chi connectivity index (χ2v) is 20.0. The maximum atomic E-state index is 2.39. The van der Waals surface area contributed by atoms with Crippen LogP contribution in [0.2, 0.25) is 0 Å². The Hall–Kier alpha value is -10.3. The molecular weight excluding hydrogens is 941 g/mol. The highest BCUT2D eigenvalue weighted by atomic mass is 15.1. The molecule has 14 aromatic rings. The van der Waals surface area contributed by atoms with E-state index in [9.17, 15) is 0 Å². The number of fused-ring (bicyclic) bond motifs is 4. The molecule has 14 rings (SSSR count). The highest BCUT2D eigenvalue weighted by Crippen LogP contribution is 2.44. The zero-order valence-corrected chi connectivity index (χ0v) is 42.9. The van der Waals surface area contributed by atoms with E-state index < -0.39 is 0 Å². The molecule has 0 saturated heterocycles. The largest absolute Gasteiger partial charge is 0.311 e. The van der Waals surface area contributed by atoms with Crippen LogP contribution < -0.4 is 4.90 Å². The molecule has 0 aliphatic heterocycles. The van der Waals surface area contributed by atoms with E-state index in [0.29, 0.717) is 0 Å². The molecule has 0 spiro atoms. The number of hydrogen-bond donors (Lipinski definition) is 0. The van der Waals surface area contributed by atoms with E-state index in [1.807, 2.05) is 0 Å². The van der Waals surface area contributed by atoms with Crippen LogP contribution in [0.3, 0.4) is 0 Å². The van der Waals surface area contributed by atoms with E-state index in [0.717, 1.165) is 39.4 Å². The summed E-state index contributed by atoms with van der Waals surface area (Å²) in [5.74, 6) is 0. The van der Waals surface area contributed by atoms with E-state index in [1.54, 1.807) is 0 Å². The molecule has 0 atom stereocenters. The summed E-state index contributed by atoms with van der Waals surface area (Å²) in [6.45, 7) is 0. The minimum atomic E-state index is 1.07. The first-order valence-corrected chi connectivity index (χ1v) is 26.8. The van der Waals surface area contributed by atoms with Crippen molar-refractivity contribution in [3.05, 3.63) is 315 Å². The maximum Gasteiger partial charge on any atom is 0.0541 e. The topological polar surface area (TPSA) is 8.17 Å². The Kier molecular flexibility index (Phi) is 11.9. The minimum absolute atomic E-state index is 1.07. The monoisotopic (exact) mass is 992 g/mol. The predicted octanol–water partition coefficient (Wildman–Crippen LogP) is 21.1. The first kappa shape index (κ1) is 46.3. The highest BCUT2D eigenvalue weighted by Gasteiger charge is 2.19. The van der Waals surface area contributed by atoms with Crippen LogP contribution in [-0.2, 0) is 0 Å². The molecule has 0 radical (unpaired) electrons. The van der Waals surface area contributed by atoms with Crippen molar-refractivity contribution in [2.45, 2.75) is 0 Å². The lowest BCUT2D eigenvalue weighted by Crippen LogP contribution is -2.09. The third-order valence-electron chi connectivity index (χ3n) is 15.5. The molecule has 366 valence electrons. The van der Waals surface area contributed by atoms with E-state index in [1.165, 1.54) is 93.8 Å². The molecule has 0 fully saturated rings. The van der Waals surface area contributed by atoms with Crippen LogP contribution in [0.4, 0.5) is 17.1 Å². The van der Waals surface area contributed by atoms with Crippen LogP contribution in [-0.4, -0.2) is 4.57 Å². The van der Waals surface area contributed by atoms with Gasteiger partial charge in [0.1, 0.15) is 0 Å². The third-order valence-corrected chi connectivity index (χ3v) is 15.5. The van der Waals surface area contributed by atoms with Crippen molar-refractivity contribution in [3.8, 4) is 83.6 Å². The highest BCUT2D eigenvalue weighted by molar-refractivity contribution is 6.09. The number of nitrogens with zero attached hydrogens (tertiary/aromatic N) is 2. The zero-order valence-electron chi connectivity index (χ0n) is 42.9. The van der Waals surface area contributed by atoms with Crippen LogP contribution in [0, 0.1) is 0 Å². The van der Waals surface area contributed by atoms with Crippen molar-refractivity contribution in [2.75, 3.05) is 4.90 Å². The number of para-hydroxylation sites is 2. The Bertz CT molecular complexity index is 4400. The van der Waals surface area contributed by atoms with Gasteiger partial charge in [0.05, 0.1) is 11.0 Å². The molecule has 2 heteroatoms. The SMILES string of the molecule is c1ccc(-c2ccccc2-c2ccccc2-c2ccccc2-c2ccc(N(c3ccc(-c4ccc(-c5cccc6ccccc56)cc4)cc3)c3ccc(-c4cccc(-n5c6ccccc6c6ccccc65)c4)cc3)cc2)cc1. The fraction of sp³-hybridized carbons (Fsp3) is 0. The normalized spacial score (nSPS) is 11.3. The number of hydrogen-bond acceptors (Lipinski definition) is 1. The van der Waals surface area contributed by atoms with Crippen LogP contribution in [0.15, 0.2) is 315 Å². The Morgan fingerprint density at radius 3 is 1.09 bits per heavy atom. The van der Waals surface area contributed by atoms with Crippen molar-refractivity contribution < 1.29 is 0 Å². The standard InChI is InChI=1S/C76H52N2/c1-2-18-56(19-3-1)67-25-6-8-27-69(67)71-29-10-11-30-72(71)70-28-9-7-26-68(70)59-44-50-63(51-45-59)77(61-46-40-54(41-47-61)53-36-38-58(39-37-53)66-33-17-21-57-20-4-5-24-65(57)66)62-48-42-55(43-49-62)60-22-16-23-64(52-60)78-75-34-14-12-31-73(75)74-32-13-15-35-76(74)78/h1-52H. The first-order valence-electron chi connectivity index (χ1n) is 26.8. The molecule has 0 unspecified atom stereocenters. The predicted molar refractivity (Wildman–Crippen MR) is 331 cm³/mol. The molecule has 1 aromatic heterocycles. The number of rotatable bonds is 11. The van der Waals surface area contributed by atoms with Crippen molar-refractivity contribution in [3.63, 3.8) is 0 Å². The summed E-state index contributed by atoms with van der Waals surface area (Å²) in [4.78, 5) is 2.37. The molecule has 0 aliphatic rings. The van der Waals surface area contributed by atoms with Gasteiger partial charge in [-0.1, -0.05) is 255 Å². The Balaban J connectivity index is 0.823. The van der Waals surface area contributed by atoms with E-state index in [-0.39, 0.29) is 0 Å². The average Bonchev–Trinajstić information content (AvgIpc) is 3.87. The van der Waals surface area contributed by atoms with Gasteiger partial charge in [0.15, 0.2) is 0 Å². The van der Waals surface area contributed by atoms with E-state index >= 15 is 0 Å². The van der Waals surface area contributed by atoms with Gasteiger partial charge in [-0.2, -0.15) is 0 Å². The van der Waals surface area contributed by atoms with Gasteiger partial charge in [-0.05, 0) is 149 Å².